The first kappa shape index (κ1) is 25.6. The van der Waals surface area contributed by atoms with Gasteiger partial charge in [0.15, 0.2) is 5.96 Å². The molecular formula is C21H33IN6O2S. The first-order valence-corrected chi connectivity index (χ1v) is 12.1. The molecule has 0 saturated carbocycles. The van der Waals surface area contributed by atoms with Crippen LogP contribution in [0.1, 0.15) is 37.6 Å². The van der Waals surface area contributed by atoms with Crippen LogP contribution < -0.4 is 10.6 Å². The zero-order chi connectivity index (χ0) is 21.4. The summed E-state index contributed by atoms with van der Waals surface area (Å²) in [4.78, 5) is 8.78. The smallest absolute Gasteiger partial charge is 0.214 e. The zero-order valence-corrected chi connectivity index (χ0v) is 21.3. The summed E-state index contributed by atoms with van der Waals surface area (Å²) in [7, 11) is -1.37. The van der Waals surface area contributed by atoms with Gasteiger partial charge in [-0.3, -0.25) is 4.99 Å². The normalized spacial score (nSPS) is 16.0. The lowest BCUT2D eigenvalue weighted by molar-refractivity contribution is 0.306. The van der Waals surface area contributed by atoms with E-state index in [1.165, 1.54) is 5.56 Å². The van der Waals surface area contributed by atoms with Crippen LogP contribution in [0.25, 0.3) is 0 Å². The first-order valence-electron chi connectivity index (χ1n) is 10.5. The van der Waals surface area contributed by atoms with Crippen LogP contribution in [0.15, 0.2) is 47.7 Å². The summed E-state index contributed by atoms with van der Waals surface area (Å²) in [6.45, 7) is 4.33. The number of halogens is 1. The topological polar surface area (TPSA) is 91.6 Å². The quantitative estimate of drug-likeness (QED) is 0.294. The fourth-order valence-corrected chi connectivity index (χ4v) is 5.19. The van der Waals surface area contributed by atoms with Gasteiger partial charge in [0.1, 0.15) is 5.82 Å². The number of benzene rings is 1. The maximum atomic E-state index is 12.2. The van der Waals surface area contributed by atoms with E-state index in [2.05, 4.69) is 37.3 Å². The van der Waals surface area contributed by atoms with Gasteiger partial charge >= 0.3 is 0 Å². The second-order valence-corrected chi connectivity index (χ2v) is 9.60. The standard InChI is InChI=1S/C21H32N6O2S.HI/c1-3-15-30(28,29)27-12-9-19(10-13-27)25-21(22-2)24-16-20-23-11-14-26(20)17-18-7-5-4-6-8-18;/h4-8,11,14,19H,3,9-10,12-13,15-17H2,1-2H3,(H2,22,24,25);1H. The first-order chi connectivity index (χ1) is 14.5. The van der Waals surface area contributed by atoms with Crippen molar-refractivity contribution in [3.05, 3.63) is 54.1 Å². The Bertz CT molecular complexity index is 924. The molecule has 0 bridgehead atoms. The largest absolute Gasteiger partial charge is 0.354 e. The second kappa shape index (κ2) is 12.4. The fourth-order valence-electron chi connectivity index (χ4n) is 3.65. The van der Waals surface area contributed by atoms with Gasteiger partial charge in [-0.15, -0.1) is 24.0 Å². The molecule has 0 atom stereocenters. The number of guanidine groups is 1. The number of sulfonamides is 1. The van der Waals surface area contributed by atoms with Gasteiger partial charge in [0.25, 0.3) is 0 Å². The maximum Gasteiger partial charge on any atom is 0.214 e. The van der Waals surface area contributed by atoms with Gasteiger partial charge in [-0.2, -0.15) is 0 Å². The average Bonchev–Trinajstić information content (AvgIpc) is 3.19. The van der Waals surface area contributed by atoms with Crippen molar-refractivity contribution in [3.8, 4) is 0 Å². The van der Waals surface area contributed by atoms with Gasteiger partial charge in [-0.25, -0.2) is 17.7 Å². The van der Waals surface area contributed by atoms with E-state index in [4.69, 9.17) is 0 Å². The molecule has 0 amide bonds. The Hall–Kier alpha value is -1.66. The van der Waals surface area contributed by atoms with Gasteiger partial charge in [-0.1, -0.05) is 37.3 Å². The van der Waals surface area contributed by atoms with Crippen molar-refractivity contribution in [2.75, 3.05) is 25.9 Å². The maximum absolute atomic E-state index is 12.2. The third-order valence-corrected chi connectivity index (χ3v) is 7.36. The van der Waals surface area contributed by atoms with Gasteiger partial charge in [0, 0.05) is 45.1 Å². The van der Waals surface area contributed by atoms with E-state index in [1.807, 2.05) is 37.5 Å². The second-order valence-electron chi connectivity index (χ2n) is 7.52. The molecule has 2 heterocycles. The molecule has 1 fully saturated rings. The summed E-state index contributed by atoms with van der Waals surface area (Å²) in [6.07, 6.45) is 5.98. The summed E-state index contributed by atoms with van der Waals surface area (Å²) < 4.78 is 28.2. The van der Waals surface area contributed by atoms with E-state index in [-0.39, 0.29) is 35.8 Å². The van der Waals surface area contributed by atoms with Crippen LogP contribution in [0, 0.1) is 0 Å². The monoisotopic (exact) mass is 560 g/mol. The van der Waals surface area contributed by atoms with Crippen LogP contribution in [0.3, 0.4) is 0 Å². The molecule has 3 rings (SSSR count). The molecule has 2 aromatic rings. The predicted molar refractivity (Wildman–Crippen MR) is 135 cm³/mol. The summed E-state index contributed by atoms with van der Waals surface area (Å²) in [6, 6.07) is 10.5. The Kier molecular flexibility index (Phi) is 10.2. The molecular weight excluding hydrogens is 527 g/mol. The van der Waals surface area contributed by atoms with Crippen molar-refractivity contribution in [2.24, 2.45) is 4.99 Å². The van der Waals surface area contributed by atoms with Crippen LogP contribution in [-0.2, 0) is 23.1 Å². The molecule has 2 N–H and O–H groups in total. The van der Waals surface area contributed by atoms with Crippen LogP contribution in [0.4, 0.5) is 0 Å². The van der Waals surface area contributed by atoms with Crippen LogP contribution in [0.2, 0.25) is 0 Å². The van der Waals surface area contributed by atoms with E-state index >= 15 is 0 Å². The Morgan fingerprint density at radius 3 is 2.58 bits per heavy atom. The highest BCUT2D eigenvalue weighted by Crippen LogP contribution is 2.15. The summed E-state index contributed by atoms with van der Waals surface area (Å²) in [5.41, 5.74) is 1.23. The number of hydrogen-bond acceptors (Lipinski definition) is 4. The Morgan fingerprint density at radius 1 is 1.23 bits per heavy atom. The van der Waals surface area contributed by atoms with Crippen LogP contribution in [-0.4, -0.2) is 60.2 Å². The number of rotatable bonds is 8. The lowest BCUT2D eigenvalue weighted by atomic mass is 10.1. The van der Waals surface area contributed by atoms with E-state index in [1.54, 1.807) is 11.4 Å². The molecule has 1 saturated heterocycles. The van der Waals surface area contributed by atoms with E-state index in [0.29, 0.717) is 32.0 Å². The number of hydrogen-bond donors (Lipinski definition) is 2. The molecule has 172 valence electrons. The van der Waals surface area contributed by atoms with Gasteiger partial charge in [0.05, 0.1) is 12.3 Å². The van der Waals surface area contributed by atoms with Gasteiger partial charge in [0.2, 0.25) is 10.0 Å². The van der Waals surface area contributed by atoms with Crippen LogP contribution >= 0.6 is 24.0 Å². The number of aliphatic imine (C=N–C) groups is 1. The van der Waals surface area contributed by atoms with E-state index in [9.17, 15) is 8.42 Å². The predicted octanol–water partition coefficient (Wildman–Crippen LogP) is 2.42. The molecule has 1 aromatic heterocycles. The van der Waals surface area contributed by atoms with E-state index < -0.39 is 10.0 Å². The molecule has 10 heteroatoms. The molecule has 31 heavy (non-hydrogen) atoms. The molecule has 0 unspecified atom stereocenters. The molecule has 1 aromatic carbocycles. The van der Waals surface area contributed by atoms with Crippen molar-refractivity contribution in [1.29, 1.82) is 0 Å². The highest BCUT2D eigenvalue weighted by atomic mass is 127. The molecule has 1 aliphatic rings. The highest BCUT2D eigenvalue weighted by molar-refractivity contribution is 14.0. The Labute approximate surface area is 202 Å². The van der Waals surface area contributed by atoms with Crippen molar-refractivity contribution in [1.82, 2.24) is 24.5 Å². The van der Waals surface area contributed by atoms with Gasteiger partial charge in [-0.05, 0) is 24.8 Å². The van der Waals surface area contributed by atoms with E-state index in [0.717, 1.165) is 25.2 Å². The summed E-state index contributed by atoms with van der Waals surface area (Å²) in [5.74, 6) is 1.87. The van der Waals surface area contributed by atoms with Crippen molar-refractivity contribution >= 4 is 40.0 Å². The molecule has 0 radical (unpaired) electrons. The summed E-state index contributed by atoms with van der Waals surface area (Å²) in [5, 5.41) is 6.75. The lowest BCUT2D eigenvalue weighted by Crippen LogP contribution is -2.50. The number of imidazole rings is 1. The number of nitrogens with zero attached hydrogens (tertiary/aromatic N) is 4. The summed E-state index contributed by atoms with van der Waals surface area (Å²) >= 11 is 0. The average molecular weight is 561 g/mol. The molecule has 8 nitrogen and oxygen atoms in total. The number of piperidine rings is 1. The minimum atomic E-state index is -3.11. The van der Waals surface area contributed by atoms with Crippen molar-refractivity contribution < 1.29 is 8.42 Å². The minimum Gasteiger partial charge on any atom is -0.354 e. The third kappa shape index (κ3) is 7.46. The van der Waals surface area contributed by atoms with Crippen molar-refractivity contribution in [3.63, 3.8) is 0 Å². The Morgan fingerprint density at radius 2 is 1.94 bits per heavy atom. The van der Waals surface area contributed by atoms with Crippen LogP contribution in [0.5, 0.6) is 0 Å². The lowest BCUT2D eigenvalue weighted by Gasteiger charge is -2.32. The zero-order valence-electron chi connectivity index (χ0n) is 18.2. The minimum absolute atomic E-state index is 0. The third-order valence-electron chi connectivity index (χ3n) is 5.29. The fraction of sp³-hybridized carbons (Fsp3) is 0.524. The number of aromatic nitrogens is 2. The molecule has 0 aliphatic carbocycles. The molecule has 1 aliphatic heterocycles. The highest BCUT2D eigenvalue weighted by Gasteiger charge is 2.27. The number of nitrogens with one attached hydrogen (secondary N) is 2. The SMILES string of the molecule is CCCS(=O)(=O)N1CCC(NC(=NC)NCc2nccn2Cc2ccccc2)CC1.I. The Balaban J connectivity index is 0.00000341. The van der Waals surface area contributed by atoms with Gasteiger partial charge < -0.3 is 15.2 Å². The van der Waals surface area contributed by atoms with Crippen molar-refractivity contribution in [2.45, 2.75) is 45.3 Å². The molecule has 0 spiro atoms.